The van der Waals surface area contributed by atoms with E-state index in [9.17, 15) is 14.4 Å². The maximum atomic E-state index is 15.1. The third kappa shape index (κ3) is 7.59. The smallest absolute Gasteiger partial charge is 0.219 e. The van der Waals surface area contributed by atoms with Crippen LogP contribution in [0, 0.1) is 11.7 Å². The van der Waals surface area contributed by atoms with Gasteiger partial charge in [0.2, 0.25) is 11.8 Å². The lowest BCUT2D eigenvalue weighted by Crippen LogP contribution is -2.49. The highest BCUT2D eigenvalue weighted by Crippen LogP contribution is 2.39. The first-order chi connectivity index (χ1) is 22.2. The number of ketones is 1. The molecule has 11 heteroatoms. The van der Waals surface area contributed by atoms with Gasteiger partial charge in [0.1, 0.15) is 11.5 Å². The number of nitrogens with zero attached hydrogens (tertiary/aromatic N) is 4. The molecular weight excluding hydrogens is 605 g/mol. The summed E-state index contributed by atoms with van der Waals surface area (Å²) in [6.07, 6.45) is 6.50. The van der Waals surface area contributed by atoms with Gasteiger partial charge in [0.15, 0.2) is 11.6 Å². The molecule has 1 aromatic carbocycles. The maximum absolute atomic E-state index is 15.1. The molecule has 0 unspecified atom stereocenters. The molecule has 4 aromatic rings. The van der Waals surface area contributed by atoms with Gasteiger partial charge in [0, 0.05) is 89.3 Å². The number of piperidine rings is 1. The van der Waals surface area contributed by atoms with Crippen LogP contribution in [0.15, 0.2) is 54.9 Å². The molecular formula is C35H38FN5O4S. The predicted octanol–water partition coefficient (Wildman–Crippen LogP) is 5.76. The van der Waals surface area contributed by atoms with Crippen molar-refractivity contribution in [1.82, 2.24) is 25.1 Å². The third-order valence-electron chi connectivity index (χ3n) is 8.67. The number of hydrogen-bond acceptors (Lipinski definition) is 8. The van der Waals surface area contributed by atoms with E-state index in [2.05, 4.69) is 21.3 Å². The van der Waals surface area contributed by atoms with E-state index in [0.29, 0.717) is 37.2 Å². The van der Waals surface area contributed by atoms with E-state index < -0.39 is 5.82 Å². The van der Waals surface area contributed by atoms with Crippen LogP contribution in [-0.2, 0) is 27.3 Å². The number of hydrogen-bond donors (Lipinski definition) is 1. The highest BCUT2D eigenvalue weighted by molar-refractivity contribution is 7.22. The van der Waals surface area contributed by atoms with Crippen LogP contribution in [0.1, 0.15) is 50.7 Å². The molecule has 46 heavy (non-hydrogen) atoms. The molecule has 0 bridgehead atoms. The van der Waals surface area contributed by atoms with Crippen molar-refractivity contribution >= 4 is 39.2 Å². The molecule has 2 amide bonds. The summed E-state index contributed by atoms with van der Waals surface area (Å²) in [6.45, 7) is 7.30. The Labute approximate surface area is 271 Å². The molecule has 1 N–H and O–H groups in total. The molecule has 2 aliphatic rings. The molecule has 0 spiro atoms. The number of fused-ring (bicyclic) bond motifs is 1. The highest BCUT2D eigenvalue weighted by Gasteiger charge is 2.30. The summed E-state index contributed by atoms with van der Waals surface area (Å²) in [7, 11) is 0. The van der Waals surface area contributed by atoms with Crippen LogP contribution in [0.5, 0.6) is 11.5 Å². The van der Waals surface area contributed by atoms with Crippen LogP contribution in [-0.4, -0.2) is 69.6 Å². The number of carbonyl (C=O) groups excluding carboxylic acids is 3. The number of nitrogens with one attached hydrogen (secondary N) is 1. The monoisotopic (exact) mass is 643 g/mol. The first kappa shape index (κ1) is 31.7. The van der Waals surface area contributed by atoms with Crippen molar-refractivity contribution in [3.8, 4) is 22.1 Å². The standard InChI is InChI=1S/C35H38FN5O4S/c1-3-34(44)39-26-9-12-40(13-10-26)19-24-4-6-29(38-18-24)33-17-30-35(46-33)32(8-11-37-30)45-31-7-5-23(16-28(31)36)14-27(43)15-25-20-41(21-25)22(2)42/h4-8,11,16-18,25-26H,3,9-10,12-15,19-21H2,1-2H3,(H,39,44). The zero-order valence-electron chi connectivity index (χ0n) is 26.1. The molecule has 0 radical (unpaired) electrons. The molecule has 2 fully saturated rings. The Morgan fingerprint density at radius 1 is 1.02 bits per heavy atom. The molecule has 2 aliphatic heterocycles. The number of rotatable bonds is 11. The second-order valence-corrected chi connectivity index (χ2v) is 13.3. The summed E-state index contributed by atoms with van der Waals surface area (Å²) in [5, 5.41) is 3.10. The Balaban J connectivity index is 1.06. The van der Waals surface area contributed by atoms with Crippen molar-refractivity contribution in [2.24, 2.45) is 5.92 Å². The van der Waals surface area contributed by atoms with E-state index in [1.807, 2.05) is 25.3 Å². The van der Waals surface area contributed by atoms with Gasteiger partial charge in [-0.15, -0.1) is 11.3 Å². The van der Waals surface area contributed by atoms with E-state index in [1.165, 1.54) is 24.3 Å². The number of thiophene rings is 1. The molecule has 0 saturated carbocycles. The Kier molecular flexibility index (Phi) is 9.70. The summed E-state index contributed by atoms with van der Waals surface area (Å²) < 4.78 is 21.9. The van der Waals surface area contributed by atoms with Crippen LogP contribution in [0.25, 0.3) is 20.8 Å². The minimum absolute atomic E-state index is 0.0249. The van der Waals surface area contributed by atoms with Gasteiger partial charge in [-0.1, -0.05) is 19.1 Å². The Hall–Kier alpha value is -4.22. The van der Waals surface area contributed by atoms with Gasteiger partial charge in [-0.3, -0.25) is 29.3 Å². The number of benzene rings is 1. The lowest BCUT2D eigenvalue weighted by molar-refractivity contribution is -0.137. The summed E-state index contributed by atoms with van der Waals surface area (Å²) >= 11 is 1.49. The average Bonchev–Trinajstić information content (AvgIpc) is 3.46. The minimum Gasteiger partial charge on any atom is -0.453 e. The van der Waals surface area contributed by atoms with Crippen molar-refractivity contribution in [1.29, 1.82) is 0 Å². The maximum Gasteiger partial charge on any atom is 0.219 e. The van der Waals surface area contributed by atoms with Crippen LogP contribution < -0.4 is 10.1 Å². The Morgan fingerprint density at radius 2 is 1.80 bits per heavy atom. The highest BCUT2D eigenvalue weighted by atomic mass is 32.1. The quantitative estimate of drug-likeness (QED) is 0.222. The van der Waals surface area contributed by atoms with E-state index in [1.54, 1.807) is 29.3 Å². The molecule has 2 saturated heterocycles. The number of likely N-dealkylation sites (tertiary alicyclic amines) is 2. The number of pyridine rings is 2. The van der Waals surface area contributed by atoms with Crippen molar-refractivity contribution in [2.75, 3.05) is 26.2 Å². The lowest BCUT2D eigenvalue weighted by atomic mass is 9.92. The molecule has 6 rings (SSSR count). The van der Waals surface area contributed by atoms with Gasteiger partial charge in [-0.25, -0.2) is 4.39 Å². The van der Waals surface area contributed by atoms with Gasteiger partial charge >= 0.3 is 0 Å². The molecule has 0 aliphatic carbocycles. The molecule has 3 aromatic heterocycles. The summed E-state index contributed by atoms with van der Waals surface area (Å²) in [6, 6.07) is 12.7. The van der Waals surface area contributed by atoms with Crippen molar-refractivity contribution in [3.63, 3.8) is 0 Å². The number of carbonyl (C=O) groups is 3. The van der Waals surface area contributed by atoms with E-state index >= 15 is 4.39 Å². The van der Waals surface area contributed by atoms with Crippen molar-refractivity contribution < 1.29 is 23.5 Å². The number of ether oxygens (including phenoxy) is 1. The number of halogens is 1. The fourth-order valence-corrected chi connectivity index (χ4v) is 7.08. The van der Waals surface area contributed by atoms with Gasteiger partial charge in [0.05, 0.1) is 20.8 Å². The van der Waals surface area contributed by atoms with E-state index in [0.717, 1.165) is 58.8 Å². The SMILES string of the molecule is CCC(=O)NC1CCN(Cc2ccc(-c3cc4nccc(Oc5ccc(CC(=O)CC6CN(C(C)=O)C6)cc5F)c4s3)nc2)CC1. The Bertz CT molecular complexity index is 1730. The first-order valence-corrected chi connectivity index (χ1v) is 16.6. The molecule has 240 valence electrons. The van der Waals surface area contributed by atoms with Crippen LogP contribution >= 0.6 is 11.3 Å². The predicted molar refractivity (Wildman–Crippen MR) is 175 cm³/mol. The fraction of sp³-hybridized carbons (Fsp3) is 0.400. The molecule has 5 heterocycles. The molecule has 0 atom stereocenters. The average molecular weight is 644 g/mol. The number of aromatic nitrogens is 2. The summed E-state index contributed by atoms with van der Waals surface area (Å²) in [5.74, 6) is 0.390. The van der Waals surface area contributed by atoms with Gasteiger partial charge in [0.25, 0.3) is 0 Å². The zero-order chi connectivity index (χ0) is 32.2. The van der Waals surface area contributed by atoms with Crippen LogP contribution in [0.3, 0.4) is 0 Å². The number of Topliss-reactive ketones (excluding diaryl/α,β-unsaturated/α-hetero) is 1. The molecule has 9 nitrogen and oxygen atoms in total. The largest absolute Gasteiger partial charge is 0.453 e. The number of amides is 2. The minimum atomic E-state index is -0.536. The van der Waals surface area contributed by atoms with E-state index in [4.69, 9.17) is 9.72 Å². The zero-order valence-corrected chi connectivity index (χ0v) is 26.9. The Morgan fingerprint density at radius 3 is 2.50 bits per heavy atom. The van der Waals surface area contributed by atoms with Crippen molar-refractivity contribution in [3.05, 3.63) is 71.8 Å². The van der Waals surface area contributed by atoms with Crippen molar-refractivity contribution in [2.45, 2.75) is 58.5 Å². The topological polar surface area (TPSA) is 105 Å². The van der Waals surface area contributed by atoms with Gasteiger partial charge in [-0.05, 0) is 48.2 Å². The van der Waals surface area contributed by atoms with Gasteiger partial charge in [-0.2, -0.15) is 0 Å². The third-order valence-corrected chi connectivity index (χ3v) is 9.83. The van der Waals surface area contributed by atoms with E-state index in [-0.39, 0.29) is 41.7 Å². The lowest BCUT2D eigenvalue weighted by Gasteiger charge is -2.38. The summed E-state index contributed by atoms with van der Waals surface area (Å²) in [5.41, 5.74) is 3.29. The first-order valence-electron chi connectivity index (χ1n) is 15.8. The second-order valence-electron chi connectivity index (χ2n) is 12.2. The van der Waals surface area contributed by atoms with Gasteiger partial charge < -0.3 is 15.0 Å². The van der Waals surface area contributed by atoms with Crippen LogP contribution in [0.4, 0.5) is 4.39 Å². The second kappa shape index (κ2) is 14.0. The fourth-order valence-electron chi connectivity index (χ4n) is 6.04. The summed E-state index contributed by atoms with van der Waals surface area (Å²) in [4.78, 5) is 49.8. The normalized spacial score (nSPS) is 15.9. The van der Waals surface area contributed by atoms with Crippen LogP contribution in [0.2, 0.25) is 0 Å².